The van der Waals surface area contributed by atoms with Crippen molar-refractivity contribution in [3.8, 4) is 5.75 Å². The molecule has 2 N–H and O–H groups in total. The number of nitrogens with one attached hydrogen (secondary N) is 2. The molecule has 0 saturated carbocycles. The van der Waals surface area contributed by atoms with E-state index >= 15 is 0 Å². The monoisotopic (exact) mass is 500 g/mol. The summed E-state index contributed by atoms with van der Waals surface area (Å²) in [6.45, 7) is 12.0. The SMILES string of the molecule is C=CCOc1ccccc1CNC(=NC)NCCCCN1CCC(C)CC1.I. The second kappa shape index (κ2) is 14.7. The minimum absolute atomic E-state index is 0. The van der Waals surface area contributed by atoms with Crippen LogP contribution in [0, 0.1) is 5.92 Å². The van der Waals surface area contributed by atoms with E-state index < -0.39 is 0 Å². The average molecular weight is 500 g/mol. The van der Waals surface area contributed by atoms with Crippen molar-refractivity contribution in [2.75, 3.05) is 39.8 Å². The van der Waals surface area contributed by atoms with Crippen LogP contribution in [0.3, 0.4) is 0 Å². The average Bonchev–Trinajstić information content (AvgIpc) is 2.70. The van der Waals surface area contributed by atoms with E-state index in [1.807, 2.05) is 25.2 Å². The third-order valence-corrected chi connectivity index (χ3v) is 5.07. The Morgan fingerprint density at radius 3 is 2.71 bits per heavy atom. The summed E-state index contributed by atoms with van der Waals surface area (Å²) in [7, 11) is 1.81. The fourth-order valence-corrected chi connectivity index (χ4v) is 3.29. The number of aliphatic imine (C=N–C) groups is 1. The Kier molecular flexibility index (Phi) is 13.0. The van der Waals surface area contributed by atoms with Crippen molar-refractivity contribution in [1.82, 2.24) is 15.5 Å². The number of piperidine rings is 1. The largest absolute Gasteiger partial charge is 0.489 e. The summed E-state index contributed by atoms with van der Waals surface area (Å²) in [4.78, 5) is 6.92. The van der Waals surface area contributed by atoms with Crippen LogP contribution in [0.4, 0.5) is 0 Å². The molecular weight excluding hydrogens is 463 g/mol. The topological polar surface area (TPSA) is 48.9 Å². The maximum Gasteiger partial charge on any atom is 0.191 e. The van der Waals surface area contributed by atoms with Gasteiger partial charge in [-0.1, -0.05) is 37.8 Å². The highest BCUT2D eigenvalue weighted by Gasteiger charge is 2.14. The summed E-state index contributed by atoms with van der Waals surface area (Å²) < 4.78 is 5.71. The molecule has 0 bridgehead atoms. The van der Waals surface area contributed by atoms with Crippen LogP contribution in [0.25, 0.3) is 0 Å². The van der Waals surface area contributed by atoms with Crippen LogP contribution < -0.4 is 15.4 Å². The zero-order chi connectivity index (χ0) is 19.3. The van der Waals surface area contributed by atoms with E-state index in [2.05, 4.69) is 40.1 Å². The van der Waals surface area contributed by atoms with Gasteiger partial charge in [0, 0.05) is 25.7 Å². The molecule has 0 atom stereocenters. The second-order valence-electron chi connectivity index (χ2n) is 7.29. The first kappa shape index (κ1) is 24.8. The maximum absolute atomic E-state index is 5.71. The molecule has 0 spiro atoms. The first-order valence-electron chi connectivity index (χ1n) is 10.2. The van der Waals surface area contributed by atoms with Gasteiger partial charge in [0.05, 0.1) is 0 Å². The predicted octanol–water partition coefficient (Wildman–Crippen LogP) is 4.05. The van der Waals surface area contributed by atoms with Gasteiger partial charge < -0.3 is 20.3 Å². The Bertz CT molecular complexity index is 586. The zero-order valence-electron chi connectivity index (χ0n) is 17.5. The van der Waals surface area contributed by atoms with Crippen LogP contribution in [-0.2, 0) is 6.54 Å². The normalized spacial score (nSPS) is 15.6. The predicted molar refractivity (Wildman–Crippen MR) is 130 cm³/mol. The molecule has 2 rings (SSSR count). The third kappa shape index (κ3) is 9.28. The summed E-state index contributed by atoms with van der Waals surface area (Å²) in [6, 6.07) is 8.06. The fraction of sp³-hybridized carbons (Fsp3) is 0.591. The summed E-state index contributed by atoms with van der Waals surface area (Å²) in [5, 5.41) is 6.78. The highest BCUT2D eigenvalue weighted by Crippen LogP contribution is 2.18. The molecule has 1 aliphatic heterocycles. The molecule has 28 heavy (non-hydrogen) atoms. The number of unbranched alkanes of at least 4 members (excludes halogenated alkanes) is 1. The first-order chi connectivity index (χ1) is 13.2. The number of rotatable bonds is 10. The minimum atomic E-state index is 0. The summed E-state index contributed by atoms with van der Waals surface area (Å²) in [5.41, 5.74) is 1.11. The van der Waals surface area contributed by atoms with Crippen LogP contribution in [-0.4, -0.2) is 50.7 Å². The lowest BCUT2D eigenvalue weighted by atomic mass is 9.99. The van der Waals surface area contributed by atoms with Gasteiger partial charge in [0.25, 0.3) is 0 Å². The van der Waals surface area contributed by atoms with E-state index in [9.17, 15) is 0 Å². The first-order valence-corrected chi connectivity index (χ1v) is 10.2. The summed E-state index contributed by atoms with van der Waals surface area (Å²) in [6.07, 6.45) is 6.86. The molecule has 0 aliphatic carbocycles. The van der Waals surface area contributed by atoms with E-state index in [4.69, 9.17) is 4.74 Å². The Labute approximate surface area is 188 Å². The maximum atomic E-state index is 5.71. The van der Waals surface area contributed by atoms with Crippen molar-refractivity contribution in [3.05, 3.63) is 42.5 Å². The zero-order valence-corrected chi connectivity index (χ0v) is 19.8. The highest BCUT2D eigenvalue weighted by atomic mass is 127. The van der Waals surface area contributed by atoms with E-state index in [0.29, 0.717) is 13.2 Å². The smallest absolute Gasteiger partial charge is 0.191 e. The Hall–Kier alpha value is -1.28. The quantitative estimate of drug-likeness (QED) is 0.167. The van der Waals surface area contributed by atoms with Crippen LogP contribution in [0.2, 0.25) is 0 Å². The molecule has 1 heterocycles. The third-order valence-electron chi connectivity index (χ3n) is 5.07. The van der Waals surface area contributed by atoms with Crippen molar-refractivity contribution < 1.29 is 4.74 Å². The number of para-hydroxylation sites is 1. The molecular formula is C22H37IN4O. The Morgan fingerprint density at radius 2 is 2.00 bits per heavy atom. The van der Waals surface area contributed by atoms with Crippen molar-refractivity contribution in [2.45, 2.75) is 39.2 Å². The van der Waals surface area contributed by atoms with E-state index in [1.165, 1.54) is 38.9 Å². The van der Waals surface area contributed by atoms with Crippen LogP contribution >= 0.6 is 24.0 Å². The number of nitrogens with zero attached hydrogens (tertiary/aromatic N) is 2. The molecule has 0 aromatic heterocycles. The van der Waals surface area contributed by atoms with Gasteiger partial charge in [0.1, 0.15) is 12.4 Å². The number of guanidine groups is 1. The number of benzene rings is 1. The molecule has 0 unspecified atom stereocenters. The summed E-state index contributed by atoms with van der Waals surface area (Å²) in [5.74, 6) is 2.63. The van der Waals surface area contributed by atoms with Crippen molar-refractivity contribution in [2.24, 2.45) is 10.9 Å². The lowest BCUT2D eigenvalue weighted by Crippen LogP contribution is -2.38. The molecule has 1 saturated heterocycles. The molecule has 0 amide bonds. The fourth-order valence-electron chi connectivity index (χ4n) is 3.29. The molecule has 6 heteroatoms. The van der Waals surface area contributed by atoms with Gasteiger partial charge in [-0.2, -0.15) is 0 Å². The number of ether oxygens (including phenoxy) is 1. The number of likely N-dealkylation sites (tertiary alicyclic amines) is 1. The summed E-state index contributed by atoms with van der Waals surface area (Å²) >= 11 is 0. The van der Waals surface area contributed by atoms with Crippen molar-refractivity contribution >= 4 is 29.9 Å². The lowest BCUT2D eigenvalue weighted by Gasteiger charge is -2.30. The second-order valence-corrected chi connectivity index (χ2v) is 7.29. The lowest BCUT2D eigenvalue weighted by molar-refractivity contribution is 0.189. The Morgan fingerprint density at radius 1 is 1.25 bits per heavy atom. The van der Waals surface area contributed by atoms with Crippen LogP contribution in [0.15, 0.2) is 41.9 Å². The molecule has 1 aliphatic rings. The van der Waals surface area contributed by atoms with Gasteiger partial charge in [-0.25, -0.2) is 0 Å². The molecule has 5 nitrogen and oxygen atoms in total. The number of halogens is 1. The van der Waals surface area contributed by atoms with Gasteiger partial charge in [-0.15, -0.1) is 24.0 Å². The number of hydrogen-bond donors (Lipinski definition) is 2. The van der Waals surface area contributed by atoms with E-state index in [-0.39, 0.29) is 24.0 Å². The van der Waals surface area contributed by atoms with Crippen molar-refractivity contribution in [3.63, 3.8) is 0 Å². The Balaban J connectivity index is 0.00000392. The standard InChI is InChI=1S/C22H36N4O.HI/c1-4-17-27-21-10-6-5-9-20(21)18-25-22(23-3)24-13-7-8-14-26-15-11-19(2)12-16-26;/h4-6,9-10,19H,1,7-8,11-18H2,2-3H3,(H2,23,24,25);1H. The minimum Gasteiger partial charge on any atom is -0.489 e. The van der Waals surface area contributed by atoms with Crippen LogP contribution in [0.5, 0.6) is 5.75 Å². The van der Waals surface area contributed by atoms with Crippen LogP contribution in [0.1, 0.15) is 38.2 Å². The van der Waals surface area contributed by atoms with Gasteiger partial charge in [0.15, 0.2) is 5.96 Å². The van der Waals surface area contributed by atoms with E-state index in [1.54, 1.807) is 6.08 Å². The van der Waals surface area contributed by atoms with Gasteiger partial charge in [0.2, 0.25) is 0 Å². The molecule has 0 radical (unpaired) electrons. The van der Waals surface area contributed by atoms with Gasteiger partial charge in [-0.3, -0.25) is 4.99 Å². The van der Waals surface area contributed by atoms with Gasteiger partial charge in [-0.05, 0) is 57.3 Å². The molecule has 158 valence electrons. The molecule has 1 aromatic carbocycles. The number of hydrogen-bond acceptors (Lipinski definition) is 3. The van der Waals surface area contributed by atoms with Gasteiger partial charge >= 0.3 is 0 Å². The van der Waals surface area contributed by atoms with E-state index in [0.717, 1.165) is 36.2 Å². The van der Waals surface area contributed by atoms with Crippen molar-refractivity contribution in [1.29, 1.82) is 0 Å². The molecule has 1 fully saturated rings. The molecule has 1 aromatic rings. The highest BCUT2D eigenvalue weighted by molar-refractivity contribution is 14.0.